The Morgan fingerprint density at radius 3 is 1.76 bits per heavy atom. The Labute approximate surface area is 177 Å². The van der Waals surface area contributed by atoms with Crippen molar-refractivity contribution in [2.24, 2.45) is 29.6 Å². The predicted molar refractivity (Wildman–Crippen MR) is 116 cm³/mol. The predicted octanol–water partition coefficient (Wildman–Crippen LogP) is 4.26. The van der Waals surface area contributed by atoms with Crippen molar-refractivity contribution in [2.45, 2.75) is 86.3 Å². The summed E-state index contributed by atoms with van der Waals surface area (Å²) in [6.45, 7) is 14.0. The van der Waals surface area contributed by atoms with Crippen molar-refractivity contribution in [3.05, 3.63) is 0 Å². The number of aliphatic carboxylic acids is 1. The maximum Gasteiger partial charge on any atom is 0.306 e. The zero-order valence-corrected chi connectivity index (χ0v) is 19.9. The van der Waals surface area contributed by atoms with Crippen LogP contribution in [0, 0.1) is 29.6 Å². The van der Waals surface area contributed by atoms with Crippen LogP contribution in [0.4, 0.5) is 0 Å². The van der Waals surface area contributed by atoms with Crippen molar-refractivity contribution in [1.29, 1.82) is 0 Å². The number of hydrogen-bond acceptors (Lipinski definition) is 4. The standard InChI is InChI=1S/C23H43NO5/c1-10-16(7)22(20(29-9)13-21(26)27)24(8)23(28)18(15(5)6)12-19(25)17(11-2)14(3)4/h14-18,20,22H,10-13H2,1-9H3,(H,26,27)/t16-,17-,18-,20+,22-/m0/s1. The molecule has 0 saturated carbocycles. The van der Waals surface area contributed by atoms with Crippen LogP contribution in [0.2, 0.25) is 0 Å². The first-order valence-electron chi connectivity index (χ1n) is 11.0. The summed E-state index contributed by atoms with van der Waals surface area (Å²) in [5.74, 6) is -1.07. The van der Waals surface area contributed by atoms with Crippen LogP contribution in [0.3, 0.4) is 0 Å². The Morgan fingerprint density at radius 2 is 1.41 bits per heavy atom. The lowest BCUT2D eigenvalue weighted by Crippen LogP contribution is -2.52. The molecule has 6 heteroatoms. The Balaban J connectivity index is 5.72. The molecule has 0 aromatic heterocycles. The molecule has 0 aromatic carbocycles. The van der Waals surface area contributed by atoms with E-state index in [1.54, 1.807) is 11.9 Å². The van der Waals surface area contributed by atoms with Crippen molar-refractivity contribution < 1.29 is 24.2 Å². The van der Waals surface area contributed by atoms with Gasteiger partial charge in [-0.25, -0.2) is 0 Å². The third-order valence-electron chi connectivity index (χ3n) is 6.28. The van der Waals surface area contributed by atoms with E-state index in [0.29, 0.717) is 0 Å². The minimum atomic E-state index is -0.954. The number of carbonyl (C=O) groups is 3. The smallest absolute Gasteiger partial charge is 0.306 e. The van der Waals surface area contributed by atoms with Gasteiger partial charge in [0.05, 0.1) is 18.6 Å². The van der Waals surface area contributed by atoms with Crippen LogP contribution in [-0.2, 0) is 19.1 Å². The summed E-state index contributed by atoms with van der Waals surface area (Å²) in [7, 11) is 3.20. The van der Waals surface area contributed by atoms with E-state index in [0.717, 1.165) is 12.8 Å². The summed E-state index contributed by atoms with van der Waals surface area (Å²) in [6.07, 6.45) is 1.02. The number of likely N-dealkylation sites (N-methyl/N-ethyl adjacent to an activating group) is 1. The van der Waals surface area contributed by atoms with Crippen LogP contribution in [-0.4, -0.2) is 54.0 Å². The van der Waals surface area contributed by atoms with Gasteiger partial charge < -0.3 is 14.7 Å². The number of amides is 1. The molecular weight excluding hydrogens is 370 g/mol. The normalized spacial score (nSPS) is 16.9. The number of carbonyl (C=O) groups excluding carboxylic acids is 2. The molecule has 0 aliphatic carbocycles. The molecule has 0 heterocycles. The molecule has 6 nitrogen and oxygen atoms in total. The second kappa shape index (κ2) is 13.0. The third kappa shape index (κ3) is 8.07. The number of nitrogens with zero attached hydrogens (tertiary/aromatic N) is 1. The first-order valence-corrected chi connectivity index (χ1v) is 11.0. The van der Waals surface area contributed by atoms with Gasteiger partial charge in [-0.1, -0.05) is 54.9 Å². The number of carboxylic acids is 1. The maximum absolute atomic E-state index is 13.4. The van der Waals surface area contributed by atoms with Gasteiger partial charge in [-0.05, 0) is 24.2 Å². The van der Waals surface area contributed by atoms with E-state index in [1.807, 2.05) is 48.5 Å². The Morgan fingerprint density at radius 1 is 0.897 bits per heavy atom. The molecule has 0 fully saturated rings. The van der Waals surface area contributed by atoms with Gasteiger partial charge in [0, 0.05) is 32.4 Å². The molecule has 0 aliphatic heterocycles. The first kappa shape index (κ1) is 27.6. The van der Waals surface area contributed by atoms with Crippen LogP contribution >= 0.6 is 0 Å². The average molecular weight is 414 g/mol. The molecular formula is C23H43NO5. The second-order valence-corrected chi connectivity index (χ2v) is 8.98. The van der Waals surface area contributed by atoms with Crippen LogP contribution in [0.15, 0.2) is 0 Å². The number of methoxy groups -OCH3 is 1. The molecule has 29 heavy (non-hydrogen) atoms. The Bertz CT molecular complexity index is 531. The third-order valence-corrected chi connectivity index (χ3v) is 6.28. The molecule has 0 unspecified atom stereocenters. The van der Waals surface area contributed by atoms with E-state index in [-0.39, 0.29) is 54.2 Å². The summed E-state index contributed by atoms with van der Waals surface area (Å²) in [6, 6.07) is -0.364. The highest BCUT2D eigenvalue weighted by Gasteiger charge is 2.38. The number of Topliss-reactive ketones (excluding diaryl/α,β-unsaturated/α-hetero) is 1. The highest BCUT2D eigenvalue weighted by Crippen LogP contribution is 2.28. The highest BCUT2D eigenvalue weighted by atomic mass is 16.5. The van der Waals surface area contributed by atoms with Gasteiger partial charge in [-0.2, -0.15) is 0 Å². The zero-order chi connectivity index (χ0) is 22.9. The monoisotopic (exact) mass is 413 g/mol. The van der Waals surface area contributed by atoms with E-state index >= 15 is 0 Å². The summed E-state index contributed by atoms with van der Waals surface area (Å²) in [5, 5.41) is 9.27. The summed E-state index contributed by atoms with van der Waals surface area (Å²) >= 11 is 0. The maximum atomic E-state index is 13.4. The van der Waals surface area contributed by atoms with Gasteiger partial charge in [0.1, 0.15) is 5.78 Å². The molecule has 0 aromatic rings. The fraction of sp³-hybridized carbons (Fsp3) is 0.870. The number of ketones is 1. The Hall–Kier alpha value is -1.43. The molecule has 0 aliphatic rings. The van der Waals surface area contributed by atoms with Gasteiger partial charge in [-0.3, -0.25) is 14.4 Å². The number of hydrogen-bond donors (Lipinski definition) is 1. The van der Waals surface area contributed by atoms with E-state index in [1.165, 1.54) is 7.11 Å². The highest BCUT2D eigenvalue weighted by molar-refractivity contribution is 5.88. The van der Waals surface area contributed by atoms with Crippen molar-refractivity contribution in [1.82, 2.24) is 4.90 Å². The lowest BCUT2D eigenvalue weighted by Gasteiger charge is -2.39. The lowest BCUT2D eigenvalue weighted by molar-refractivity contribution is -0.149. The fourth-order valence-corrected chi connectivity index (χ4v) is 4.21. The van der Waals surface area contributed by atoms with E-state index in [4.69, 9.17) is 4.74 Å². The summed E-state index contributed by atoms with van der Waals surface area (Å²) in [4.78, 5) is 39.3. The van der Waals surface area contributed by atoms with Crippen molar-refractivity contribution in [2.75, 3.05) is 14.2 Å². The molecule has 0 radical (unpaired) electrons. The van der Waals surface area contributed by atoms with Gasteiger partial charge in [0.25, 0.3) is 0 Å². The first-order chi connectivity index (χ1) is 13.4. The van der Waals surface area contributed by atoms with Crippen LogP contribution in [0.25, 0.3) is 0 Å². The second-order valence-electron chi connectivity index (χ2n) is 8.98. The SMILES string of the molecule is CC[C@H](C(=O)C[C@H](C(=O)N(C)[C@@H]([C@@H](C)CC)[C@@H](CC(=O)O)OC)C(C)C)C(C)C. The van der Waals surface area contributed by atoms with Gasteiger partial charge in [-0.15, -0.1) is 0 Å². The summed E-state index contributed by atoms with van der Waals surface area (Å²) in [5.41, 5.74) is 0. The quantitative estimate of drug-likeness (QED) is 0.460. The number of ether oxygens (including phenoxy) is 1. The Kier molecular flexibility index (Phi) is 12.3. The lowest BCUT2D eigenvalue weighted by atomic mass is 9.80. The van der Waals surface area contributed by atoms with E-state index in [2.05, 4.69) is 0 Å². The van der Waals surface area contributed by atoms with Crippen LogP contribution in [0.5, 0.6) is 0 Å². The van der Waals surface area contributed by atoms with Crippen LogP contribution in [0.1, 0.15) is 74.1 Å². The topological polar surface area (TPSA) is 83.9 Å². The molecule has 5 atom stereocenters. The summed E-state index contributed by atoms with van der Waals surface area (Å²) < 4.78 is 5.48. The molecule has 0 bridgehead atoms. The molecule has 170 valence electrons. The van der Waals surface area contributed by atoms with E-state index < -0.39 is 18.0 Å². The minimum Gasteiger partial charge on any atom is -0.481 e. The number of rotatable bonds is 14. The largest absolute Gasteiger partial charge is 0.481 e. The molecule has 0 rings (SSSR count). The van der Waals surface area contributed by atoms with Crippen LogP contribution < -0.4 is 0 Å². The molecule has 0 spiro atoms. The van der Waals surface area contributed by atoms with Crippen molar-refractivity contribution in [3.8, 4) is 0 Å². The van der Waals surface area contributed by atoms with Crippen molar-refractivity contribution >= 4 is 17.7 Å². The van der Waals surface area contributed by atoms with Gasteiger partial charge in [0.2, 0.25) is 5.91 Å². The molecule has 1 N–H and O–H groups in total. The minimum absolute atomic E-state index is 0.0108. The van der Waals surface area contributed by atoms with Gasteiger partial charge >= 0.3 is 5.97 Å². The molecule has 0 saturated heterocycles. The van der Waals surface area contributed by atoms with E-state index in [9.17, 15) is 19.5 Å². The van der Waals surface area contributed by atoms with Gasteiger partial charge in [0.15, 0.2) is 0 Å². The number of carboxylic acid groups (broad SMARTS) is 1. The molecule has 1 amide bonds. The van der Waals surface area contributed by atoms with Crippen molar-refractivity contribution in [3.63, 3.8) is 0 Å². The fourth-order valence-electron chi connectivity index (χ4n) is 4.21. The zero-order valence-electron chi connectivity index (χ0n) is 19.9. The average Bonchev–Trinajstić information content (AvgIpc) is 2.63.